The molecule has 2 heterocycles. The predicted molar refractivity (Wildman–Crippen MR) is 112 cm³/mol. The Hall–Kier alpha value is -2.95. The van der Waals surface area contributed by atoms with Crippen LogP contribution in [0.2, 0.25) is 0 Å². The number of aromatic amines is 1. The predicted octanol–water partition coefficient (Wildman–Crippen LogP) is 3.94. The molecular formula is C21H21ClFN5O. The molecule has 0 spiro atoms. The van der Waals surface area contributed by atoms with Crippen molar-refractivity contribution in [2.45, 2.75) is 12.8 Å². The number of aromatic nitrogens is 2. The number of nitrogens with zero attached hydrogens (tertiary/aromatic N) is 3. The Morgan fingerprint density at radius 3 is 2.76 bits per heavy atom. The summed E-state index contributed by atoms with van der Waals surface area (Å²) in [6.07, 6.45) is 1.65. The topological polar surface area (TPSA) is 84.8 Å². The number of amides is 1. The molecule has 1 saturated heterocycles. The van der Waals surface area contributed by atoms with Crippen LogP contribution in [0.1, 0.15) is 18.4 Å². The highest BCUT2D eigenvalue weighted by Gasteiger charge is 2.24. The van der Waals surface area contributed by atoms with Crippen LogP contribution in [-0.4, -0.2) is 41.1 Å². The first-order chi connectivity index (χ1) is 13.5. The molecule has 4 rings (SSSR count). The summed E-state index contributed by atoms with van der Waals surface area (Å²) in [5.41, 5.74) is 2.36. The van der Waals surface area contributed by atoms with Crippen molar-refractivity contribution in [2.75, 3.05) is 25.5 Å². The number of fused-ring (bicyclic) bond motifs is 1. The molecule has 1 amide bonds. The van der Waals surface area contributed by atoms with Gasteiger partial charge in [-0.1, -0.05) is 6.07 Å². The number of anilines is 1. The number of H-pyrrole nitrogens is 1. The monoisotopic (exact) mass is 413 g/mol. The van der Waals surface area contributed by atoms with E-state index in [0.29, 0.717) is 22.5 Å². The van der Waals surface area contributed by atoms with Crippen LogP contribution in [0, 0.1) is 23.1 Å². The molecule has 0 aliphatic carbocycles. The molecule has 0 saturated carbocycles. The minimum atomic E-state index is -0.405. The van der Waals surface area contributed by atoms with Crippen molar-refractivity contribution in [3.8, 4) is 17.2 Å². The lowest BCUT2D eigenvalue weighted by molar-refractivity contribution is -0.121. The van der Waals surface area contributed by atoms with Crippen molar-refractivity contribution >= 4 is 35.0 Å². The SMILES string of the molecule is CN1CCC(C(=O)Nc2n[nH]c3ccc(-c4cc(F)ccc4C#N)cc23)CC1.Cl. The highest BCUT2D eigenvalue weighted by molar-refractivity contribution is 6.01. The van der Waals surface area contributed by atoms with E-state index in [2.05, 4.69) is 33.5 Å². The summed E-state index contributed by atoms with van der Waals surface area (Å²) in [5, 5.41) is 20.1. The lowest BCUT2D eigenvalue weighted by Gasteiger charge is -2.27. The Balaban J connectivity index is 0.00000240. The van der Waals surface area contributed by atoms with Crippen molar-refractivity contribution in [2.24, 2.45) is 5.92 Å². The molecule has 0 atom stereocenters. The lowest BCUT2D eigenvalue weighted by Crippen LogP contribution is -2.36. The molecule has 1 fully saturated rings. The maximum Gasteiger partial charge on any atom is 0.228 e. The number of carbonyl (C=O) groups is 1. The van der Waals surface area contributed by atoms with Gasteiger partial charge in [0.1, 0.15) is 5.82 Å². The Labute approximate surface area is 174 Å². The second-order valence-corrected chi connectivity index (χ2v) is 7.20. The third-order valence-corrected chi connectivity index (χ3v) is 5.31. The Morgan fingerprint density at radius 2 is 2.03 bits per heavy atom. The summed E-state index contributed by atoms with van der Waals surface area (Å²) >= 11 is 0. The van der Waals surface area contributed by atoms with Gasteiger partial charge in [0.05, 0.1) is 17.1 Å². The molecule has 2 aromatic carbocycles. The second-order valence-electron chi connectivity index (χ2n) is 7.20. The zero-order chi connectivity index (χ0) is 19.7. The van der Waals surface area contributed by atoms with Gasteiger partial charge in [0.15, 0.2) is 5.82 Å². The molecule has 3 aromatic rings. The average molecular weight is 414 g/mol. The molecule has 1 aliphatic heterocycles. The van der Waals surface area contributed by atoms with Crippen LogP contribution in [0.15, 0.2) is 36.4 Å². The Kier molecular flexibility index (Phi) is 6.16. The molecule has 1 aromatic heterocycles. The third-order valence-electron chi connectivity index (χ3n) is 5.31. The number of hydrogen-bond acceptors (Lipinski definition) is 4. The lowest BCUT2D eigenvalue weighted by atomic mass is 9.96. The van der Waals surface area contributed by atoms with Gasteiger partial charge in [0.25, 0.3) is 0 Å². The van der Waals surface area contributed by atoms with E-state index < -0.39 is 5.82 Å². The number of nitriles is 1. The van der Waals surface area contributed by atoms with Gasteiger partial charge in [-0.3, -0.25) is 9.89 Å². The number of nitrogens with one attached hydrogen (secondary N) is 2. The first kappa shape index (κ1) is 20.8. The van der Waals surface area contributed by atoms with E-state index in [4.69, 9.17) is 0 Å². The largest absolute Gasteiger partial charge is 0.308 e. The maximum atomic E-state index is 13.7. The molecule has 150 valence electrons. The summed E-state index contributed by atoms with van der Waals surface area (Å²) in [6, 6.07) is 11.6. The van der Waals surface area contributed by atoms with Crippen LogP contribution < -0.4 is 5.32 Å². The van der Waals surface area contributed by atoms with Crippen molar-refractivity contribution < 1.29 is 9.18 Å². The number of piperidine rings is 1. The zero-order valence-corrected chi connectivity index (χ0v) is 16.7. The van der Waals surface area contributed by atoms with Gasteiger partial charge < -0.3 is 10.2 Å². The molecule has 0 unspecified atom stereocenters. The molecule has 8 heteroatoms. The van der Waals surface area contributed by atoms with Gasteiger partial charge in [-0.2, -0.15) is 10.4 Å². The van der Waals surface area contributed by atoms with Crippen molar-refractivity contribution in [1.82, 2.24) is 15.1 Å². The molecule has 0 bridgehead atoms. The maximum absolute atomic E-state index is 13.7. The molecular weight excluding hydrogens is 393 g/mol. The number of carbonyl (C=O) groups excluding carboxylic acids is 1. The van der Waals surface area contributed by atoms with Gasteiger partial charge in [-0.05, 0) is 68.9 Å². The highest BCUT2D eigenvalue weighted by Crippen LogP contribution is 2.30. The van der Waals surface area contributed by atoms with Crippen LogP contribution in [-0.2, 0) is 4.79 Å². The van der Waals surface area contributed by atoms with Gasteiger partial charge in [-0.15, -0.1) is 12.4 Å². The van der Waals surface area contributed by atoms with E-state index in [1.54, 1.807) is 6.07 Å². The van der Waals surface area contributed by atoms with Crippen LogP contribution in [0.3, 0.4) is 0 Å². The van der Waals surface area contributed by atoms with E-state index in [-0.39, 0.29) is 24.2 Å². The normalized spacial score (nSPS) is 14.9. The van der Waals surface area contributed by atoms with Gasteiger partial charge >= 0.3 is 0 Å². The number of benzene rings is 2. The average Bonchev–Trinajstić information content (AvgIpc) is 3.10. The van der Waals surface area contributed by atoms with Crippen LogP contribution >= 0.6 is 12.4 Å². The summed E-state index contributed by atoms with van der Waals surface area (Å²) in [7, 11) is 2.05. The molecule has 2 N–H and O–H groups in total. The van der Waals surface area contributed by atoms with Crippen molar-refractivity contribution in [3.63, 3.8) is 0 Å². The highest BCUT2D eigenvalue weighted by atomic mass is 35.5. The fourth-order valence-corrected chi connectivity index (χ4v) is 3.62. The first-order valence-electron chi connectivity index (χ1n) is 9.22. The van der Waals surface area contributed by atoms with Crippen LogP contribution in [0.4, 0.5) is 10.2 Å². The zero-order valence-electron chi connectivity index (χ0n) is 15.9. The third kappa shape index (κ3) is 4.24. The van der Waals surface area contributed by atoms with Gasteiger partial charge in [0.2, 0.25) is 5.91 Å². The second kappa shape index (κ2) is 8.60. The smallest absolute Gasteiger partial charge is 0.228 e. The summed E-state index contributed by atoms with van der Waals surface area (Å²) in [5.74, 6) is -0.0114. The van der Waals surface area contributed by atoms with E-state index in [9.17, 15) is 14.4 Å². The summed E-state index contributed by atoms with van der Waals surface area (Å²) in [4.78, 5) is 14.9. The number of likely N-dealkylation sites (tertiary alicyclic amines) is 1. The molecule has 29 heavy (non-hydrogen) atoms. The molecule has 0 radical (unpaired) electrons. The van der Waals surface area contributed by atoms with E-state index in [1.165, 1.54) is 18.2 Å². The van der Waals surface area contributed by atoms with Gasteiger partial charge in [0, 0.05) is 16.9 Å². The Morgan fingerprint density at radius 1 is 1.28 bits per heavy atom. The number of halogens is 2. The van der Waals surface area contributed by atoms with Gasteiger partial charge in [-0.25, -0.2) is 4.39 Å². The van der Waals surface area contributed by atoms with Crippen LogP contribution in [0.5, 0.6) is 0 Å². The summed E-state index contributed by atoms with van der Waals surface area (Å²) < 4.78 is 13.7. The fraction of sp³-hybridized carbons (Fsp3) is 0.286. The fourth-order valence-electron chi connectivity index (χ4n) is 3.62. The minimum Gasteiger partial charge on any atom is -0.308 e. The number of rotatable bonds is 3. The standard InChI is InChI=1S/C21H20FN5O.ClH/c1-27-8-6-13(7-9-27)21(28)24-20-18-10-14(3-5-19(18)25-26-20)17-11-16(22)4-2-15(17)12-23;/h2-5,10-11,13H,6-9H2,1H3,(H2,24,25,26,28);1H. The van der Waals surface area contributed by atoms with Crippen LogP contribution in [0.25, 0.3) is 22.0 Å². The van der Waals surface area contributed by atoms with E-state index in [1.807, 2.05) is 12.1 Å². The van der Waals surface area contributed by atoms with Crippen molar-refractivity contribution in [3.05, 3.63) is 47.8 Å². The van der Waals surface area contributed by atoms with E-state index in [0.717, 1.165) is 36.8 Å². The van der Waals surface area contributed by atoms with E-state index >= 15 is 0 Å². The first-order valence-corrected chi connectivity index (χ1v) is 9.22. The summed E-state index contributed by atoms with van der Waals surface area (Å²) in [6.45, 7) is 1.81. The minimum absolute atomic E-state index is 0. The quantitative estimate of drug-likeness (QED) is 0.681. The Bertz CT molecular complexity index is 1080. The number of hydrogen-bond donors (Lipinski definition) is 2. The molecule has 1 aliphatic rings. The van der Waals surface area contributed by atoms with Crippen molar-refractivity contribution in [1.29, 1.82) is 5.26 Å². The molecule has 6 nitrogen and oxygen atoms in total.